The summed E-state index contributed by atoms with van der Waals surface area (Å²) >= 11 is 6.19. The highest BCUT2D eigenvalue weighted by molar-refractivity contribution is 7.86. The maximum atomic E-state index is 12.9. The number of H-pyrrole nitrogens is 2. The van der Waals surface area contributed by atoms with Crippen molar-refractivity contribution in [1.82, 2.24) is 24.7 Å². The number of para-hydroxylation sites is 1. The van der Waals surface area contributed by atoms with E-state index in [1.54, 1.807) is 24.3 Å². The van der Waals surface area contributed by atoms with Crippen LogP contribution in [-0.2, 0) is 16.5 Å². The van der Waals surface area contributed by atoms with Crippen molar-refractivity contribution in [3.63, 3.8) is 0 Å². The number of hydrogen-bond acceptors (Lipinski definition) is 10. The van der Waals surface area contributed by atoms with E-state index >= 15 is 0 Å². The van der Waals surface area contributed by atoms with Crippen molar-refractivity contribution >= 4 is 56.4 Å². The molecule has 0 aliphatic carbocycles. The van der Waals surface area contributed by atoms with Gasteiger partial charge in [-0.3, -0.25) is 19.4 Å². The second kappa shape index (κ2) is 14.3. The number of benzene rings is 3. The van der Waals surface area contributed by atoms with Crippen molar-refractivity contribution in [3.8, 4) is 5.69 Å². The summed E-state index contributed by atoms with van der Waals surface area (Å²) in [6, 6.07) is 18.1. The van der Waals surface area contributed by atoms with E-state index in [1.165, 1.54) is 43.2 Å². The number of nitrogens with zero attached hydrogens (tertiary/aromatic N) is 5. The van der Waals surface area contributed by atoms with Crippen LogP contribution in [0.3, 0.4) is 0 Å². The Morgan fingerprint density at radius 3 is 2.39 bits per heavy atom. The first kappa shape index (κ1) is 32.3. The number of anilines is 4. The number of nitrogens with one attached hydrogen (secondary N) is 4. The molecular formula is C30H30ClN9O5S. The van der Waals surface area contributed by atoms with Gasteiger partial charge in [0.1, 0.15) is 10.6 Å². The van der Waals surface area contributed by atoms with Crippen LogP contribution in [0.2, 0.25) is 5.02 Å². The molecule has 238 valence electrons. The third-order valence-corrected chi connectivity index (χ3v) is 8.01. The Morgan fingerprint density at radius 1 is 0.913 bits per heavy atom. The quantitative estimate of drug-likeness (QED) is 0.0525. The molecule has 0 saturated heterocycles. The van der Waals surface area contributed by atoms with Gasteiger partial charge in [-0.05, 0) is 60.9 Å². The van der Waals surface area contributed by atoms with Crippen molar-refractivity contribution in [3.05, 3.63) is 104 Å². The van der Waals surface area contributed by atoms with E-state index < -0.39 is 26.3 Å². The van der Waals surface area contributed by atoms with E-state index in [0.29, 0.717) is 16.4 Å². The first-order valence-corrected chi connectivity index (χ1v) is 16.1. The molecule has 3 aromatic carbocycles. The van der Waals surface area contributed by atoms with Gasteiger partial charge in [-0.15, -0.1) is 10.2 Å². The number of halogens is 1. The van der Waals surface area contributed by atoms with Crippen LogP contribution >= 0.6 is 11.6 Å². The van der Waals surface area contributed by atoms with E-state index in [0.717, 1.165) is 23.6 Å². The molecule has 0 saturated carbocycles. The summed E-state index contributed by atoms with van der Waals surface area (Å²) in [4.78, 5) is 35.3. The molecule has 16 heteroatoms. The molecule has 5 rings (SSSR count). The van der Waals surface area contributed by atoms with E-state index in [1.807, 2.05) is 24.3 Å². The first-order chi connectivity index (χ1) is 22.1. The van der Waals surface area contributed by atoms with Crippen LogP contribution in [0.4, 0.5) is 34.6 Å². The van der Waals surface area contributed by atoms with Crippen LogP contribution in [0.15, 0.2) is 97.6 Å². The van der Waals surface area contributed by atoms with Gasteiger partial charge in [-0.2, -0.15) is 18.4 Å². The number of hydrogen-bond donors (Lipinski definition) is 5. The zero-order valence-electron chi connectivity index (χ0n) is 24.6. The molecule has 2 heterocycles. The van der Waals surface area contributed by atoms with Crippen molar-refractivity contribution in [1.29, 1.82) is 0 Å². The second-order valence-corrected chi connectivity index (χ2v) is 12.0. The normalized spacial score (nSPS) is 11.6. The standard InChI is InChI=1S/C30H30ClN9O5S/c1-2-3-4-5-8-19-11-13-20(14-12-19)33-28-35-29(37-30(42)36-28)34-21-15-16-26(46(43,44)45)23(17-21)38-39-24-18-32-40(27(24)41)25-10-7-6-9-22(25)31/h6-7,9-18,32H,2-5,8H2,1H3,(H,43,44,45)(H3,33,34,35,36,37,42). The Morgan fingerprint density at radius 2 is 1.65 bits per heavy atom. The summed E-state index contributed by atoms with van der Waals surface area (Å²) < 4.78 is 35.0. The predicted octanol–water partition coefficient (Wildman–Crippen LogP) is 6.57. The molecule has 46 heavy (non-hydrogen) atoms. The summed E-state index contributed by atoms with van der Waals surface area (Å²) in [5.41, 5.74) is 0.776. The average Bonchev–Trinajstić information content (AvgIpc) is 3.38. The Bertz CT molecular complexity index is 2090. The third kappa shape index (κ3) is 8.12. The second-order valence-electron chi connectivity index (χ2n) is 10.2. The average molecular weight is 664 g/mol. The summed E-state index contributed by atoms with van der Waals surface area (Å²) in [6.45, 7) is 2.18. The first-order valence-electron chi connectivity index (χ1n) is 14.3. The zero-order valence-corrected chi connectivity index (χ0v) is 26.1. The number of azo groups is 1. The van der Waals surface area contributed by atoms with Crippen LogP contribution in [-0.4, -0.2) is 37.7 Å². The number of aryl methyl sites for hydroxylation is 1. The lowest BCUT2D eigenvalue weighted by Crippen LogP contribution is -2.16. The smallest absolute Gasteiger partial charge is 0.325 e. The minimum absolute atomic E-state index is 0.00852. The van der Waals surface area contributed by atoms with Gasteiger partial charge in [0.05, 0.1) is 16.9 Å². The van der Waals surface area contributed by atoms with Gasteiger partial charge >= 0.3 is 5.69 Å². The molecule has 2 aromatic heterocycles. The van der Waals surface area contributed by atoms with Crippen molar-refractivity contribution < 1.29 is 13.0 Å². The Hall–Kier alpha value is -5.12. The topological polar surface area (TPSA) is 200 Å². The van der Waals surface area contributed by atoms with Gasteiger partial charge in [0, 0.05) is 11.4 Å². The minimum Gasteiger partial charge on any atom is -0.325 e. The maximum Gasteiger partial charge on any atom is 0.351 e. The van der Waals surface area contributed by atoms with Crippen LogP contribution in [0.1, 0.15) is 38.2 Å². The summed E-state index contributed by atoms with van der Waals surface area (Å²) in [5, 5.41) is 16.7. The Labute approximate surface area is 268 Å². The van der Waals surface area contributed by atoms with Gasteiger partial charge in [-0.1, -0.05) is 62.1 Å². The SMILES string of the molecule is CCCCCCc1ccc(Nc2nc(Nc3ccc(S(=O)(=O)O)c(N=Nc4c[nH]n(-c5ccccc5Cl)c4=O)c3)[nH]c(=O)n2)cc1. The molecule has 0 atom stereocenters. The van der Waals surface area contributed by atoms with Crippen molar-refractivity contribution in [2.24, 2.45) is 10.2 Å². The third-order valence-electron chi connectivity index (χ3n) is 6.79. The number of aromatic amines is 2. The Balaban J connectivity index is 1.36. The fraction of sp³-hybridized carbons (Fsp3) is 0.200. The summed E-state index contributed by atoms with van der Waals surface area (Å²) in [6.07, 6.45) is 6.96. The van der Waals surface area contributed by atoms with Crippen molar-refractivity contribution in [2.45, 2.75) is 43.9 Å². The van der Waals surface area contributed by atoms with Gasteiger partial charge in [0.15, 0.2) is 5.69 Å². The molecule has 5 N–H and O–H groups in total. The minimum atomic E-state index is -4.72. The summed E-state index contributed by atoms with van der Waals surface area (Å²) in [5.74, 6) is 0.0180. The van der Waals surface area contributed by atoms with Crippen LogP contribution in [0.5, 0.6) is 0 Å². The molecular weight excluding hydrogens is 634 g/mol. The Kier molecular flexibility index (Phi) is 10.0. The van der Waals surface area contributed by atoms with E-state index in [2.05, 4.69) is 47.8 Å². The van der Waals surface area contributed by atoms with Crippen LogP contribution in [0, 0.1) is 0 Å². The lowest BCUT2D eigenvalue weighted by Gasteiger charge is -2.10. The zero-order chi connectivity index (χ0) is 32.7. The van der Waals surface area contributed by atoms with E-state index in [-0.39, 0.29) is 29.0 Å². The molecule has 0 bridgehead atoms. The van der Waals surface area contributed by atoms with Gasteiger partial charge in [0.25, 0.3) is 15.7 Å². The molecule has 14 nitrogen and oxygen atoms in total. The van der Waals surface area contributed by atoms with E-state index in [4.69, 9.17) is 11.6 Å². The predicted molar refractivity (Wildman–Crippen MR) is 175 cm³/mol. The van der Waals surface area contributed by atoms with Gasteiger partial charge in [0.2, 0.25) is 11.9 Å². The van der Waals surface area contributed by atoms with Crippen LogP contribution in [0.25, 0.3) is 5.69 Å². The maximum absolute atomic E-state index is 12.9. The largest absolute Gasteiger partial charge is 0.351 e. The highest BCUT2D eigenvalue weighted by atomic mass is 35.5. The highest BCUT2D eigenvalue weighted by Gasteiger charge is 2.18. The highest BCUT2D eigenvalue weighted by Crippen LogP contribution is 2.30. The number of unbranched alkanes of at least 4 members (excludes halogenated alkanes) is 3. The lowest BCUT2D eigenvalue weighted by atomic mass is 10.1. The monoisotopic (exact) mass is 663 g/mol. The molecule has 0 aliphatic rings. The molecule has 0 amide bonds. The molecule has 0 unspecified atom stereocenters. The molecule has 0 spiro atoms. The fourth-order valence-corrected chi connectivity index (χ4v) is 5.34. The van der Waals surface area contributed by atoms with Crippen molar-refractivity contribution in [2.75, 3.05) is 10.6 Å². The molecule has 5 aromatic rings. The molecule has 0 radical (unpaired) electrons. The van der Waals surface area contributed by atoms with Gasteiger partial charge < -0.3 is 10.6 Å². The van der Waals surface area contributed by atoms with E-state index in [9.17, 15) is 22.6 Å². The number of rotatable bonds is 13. The summed E-state index contributed by atoms with van der Waals surface area (Å²) in [7, 11) is -4.72. The lowest BCUT2D eigenvalue weighted by molar-refractivity contribution is 0.483. The van der Waals surface area contributed by atoms with Gasteiger partial charge in [-0.25, -0.2) is 9.48 Å². The molecule has 0 aliphatic heterocycles. The van der Waals surface area contributed by atoms with Crippen LogP contribution < -0.4 is 21.9 Å². The number of aromatic nitrogens is 5. The fourth-order valence-electron chi connectivity index (χ4n) is 4.52. The molecule has 0 fully saturated rings.